The lowest BCUT2D eigenvalue weighted by Gasteiger charge is -2.22. The zero-order valence-electron chi connectivity index (χ0n) is 13.1. The molecule has 1 amide bonds. The van der Waals surface area contributed by atoms with Gasteiger partial charge in [0, 0.05) is 17.5 Å². The van der Waals surface area contributed by atoms with E-state index in [1.807, 2.05) is 19.1 Å². The van der Waals surface area contributed by atoms with Gasteiger partial charge in [-0.3, -0.25) is 9.69 Å². The summed E-state index contributed by atoms with van der Waals surface area (Å²) < 4.78 is 0.721. The van der Waals surface area contributed by atoms with Crippen LogP contribution in [0.25, 0.3) is 0 Å². The van der Waals surface area contributed by atoms with Crippen molar-refractivity contribution >= 4 is 28.8 Å². The van der Waals surface area contributed by atoms with E-state index in [-0.39, 0.29) is 18.4 Å². The first kappa shape index (κ1) is 17.7. The van der Waals surface area contributed by atoms with Crippen molar-refractivity contribution in [1.82, 2.24) is 10.2 Å². The number of carbonyl (C=O) groups excluding carboxylic acids is 1. The monoisotopic (exact) mass is 344 g/mol. The van der Waals surface area contributed by atoms with Crippen molar-refractivity contribution in [3.8, 4) is 0 Å². The average molecular weight is 345 g/mol. The van der Waals surface area contributed by atoms with Gasteiger partial charge < -0.3 is 10.4 Å². The van der Waals surface area contributed by atoms with E-state index in [9.17, 15) is 9.90 Å². The summed E-state index contributed by atoms with van der Waals surface area (Å²) in [5, 5.41) is 12.3. The third-order valence-electron chi connectivity index (χ3n) is 4.30. The molecule has 1 fully saturated rings. The summed E-state index contributed by atoms with van der Waals surface area (Å²) >= 11 is 7.37. The van der Waals surface area contributed by atoms with Crippen molar-refractivity contribution in [2.45, 2.75) is 44.6 Å². The van der Waals surface area contributed by atoms with Gasteiger partial charge in [-0.1, -0.05) is 11.6 Å². The number of nitrogens with one attached hydrogen (secondary N) is 1. The minimum atomic E-state index is -0.144. The fourth-order valence-corrected chi connectivity index (χ4v) is 4.00. The molecular weight excluding hydrogens is 320 g/mol. The van der Waals surface area contributed by atoms with Crippen LogP contribution >= 0.6 is 22.9 Å². The molecule has 0 radical (unpaired) electrons. The Hall–Kier alpha value is -0.620. The van der Waals surface area contributed by atoms with Crippen LogP contribution in [0.15, 0.2) is 12.1 Å². The number of unbranched alkanes of at least 4 members (excludes halogenated alkanes) is 1. The number of hydrogen-bond acceptors (Lipinski definition) is 4. The lowest BCUT2D eigenvalue weighted by atomic mass is 10.1. The van der Waals surface area contributed by atoms with E-state index >= 15 is 0 Å². The number of aliphatic hydroxyl groups is 1. The molecule has 0 bridgehead atoms. The molecule has 1 saturated heterocycles. The molecule has 0 spiro atoms. The predicted molar refractivity (Wildman–Crippen MR) is 91.7 cm³/mol. The van der Waals surface area contributed by atoms with Gasteiger partial charge in [0.15, 0.2) is 0 Å². The minimum Gasteiger partial charge on any atom is -0.395 e. The summed E-state index contributed by atoms with van der Waals surface area (Å²) in [6.45, 7) is 4.98. The maximum atomic E-state index is 12.1. The summed E-state index contributed by atoms with van der Waals surface area (Å²) in [5.41, 5.74) is 0. The van der Waals surface area contributed by atoms with Gasteiger partial charge in [0.25, 0.3) is 0 Å². The van der Waals surface area contributed by atoms with Gasteiger partial charge in [0.1, 0.15) is 0 Å². The largest absolute Gasteiger partial charge is 0.395 e. The number of amides is 1. The second kappa shape index (κ2) is 8.87. The van der Waals surface area contributed by atoms with Gasteiger partial charge in [-0.05, 0) is 57.8 Å². The second-order valence-electron chi connectivity index (χ2n) is 5.88. The van der Waals surface area contributed by atoms with Crippen LogP contribution in [0.4, 0.5) is 0 Å². The second-order valence-corrected chi connectivity index (χ2v) is 7.62. The molecule has 124 valence electrons. The van der Waals surface area contributed by atoms with Gasteiger partial charge >= 0.3 is 0 Å². The third kappa shape index (κ3) is 4.95. The van der Waals surface area contributed by atoms with Crippen LogP contribution in [0.3, 0.4) is 0 Å². The highest BCUT2D eigenvalue weighted by Crippen LogP contribution is 2.28. The summed E-state index contributed by atoms with van der Waals surface area (Å²) in [5.74, 6) is -0.0808. The molecular formula is C16H25ClN2O2S. The Kier molecular flexibility index (Phi) is 7.15. The van der Waals surface area contributed by atoms with E-state index in [1.165, 1.54) is 17.8 Å². The van der Waals surface area contributed by atoms with Crippen LogP contribution < -0.4 is 5.32 Å². The number of thiophene rings is 1. The van der Waals surface area contributed by atoms with Gasteiger partial charge in [0.05, 0.1) is 16.9 Å². The maximum Gasteiger partial charge on any atom is 0.228 e. The van der Waals surface area contributed by atoms with Gasteiger partial charge in [-0.2, -0.15) is 0 Å². The van der Waals surface area contributed by atoms with Crippen LogP contribution in [-0.2, 0) is 4.79 Å². The van der Waals surface area contributed by atoms with Crippen LogP contribution in [0, 0.1) is 0 Å². The molecule has 2 rings (SSSR count). The zero-order chi connectivity index (χ0) is 15.9. The molecule has 1 aliphatic heterocycles. The Morgan fingerprint density at radius 3 is 3.05 bits per heavy atom. The van der Waals surface area contributed by atoms with Gasteiger partial charge in [0.2, 0.25) is 5.91 Å². The lowest BCUT2D eigenvalue weighted by Crippen LogP contribution is -2.33. The zero-order valence-corrected chi connectivity index (χ0v) is 14.6. The summed E-state index contributed by atoms with van der Waals surface area (Å²) in [4.78, 5) is 15.4. The number of nitrogens with zero attached hydrogens (tertiary/aromatic N) is 1. The molecule has 2 atom stereocenters. The summed E-state index contributed by atoms with van der Waals surface area (Å²) in [6, 6.07) is 4.09. The Bertz CT molecular complexity index is 480. The molecule has 22 heavy (non-hydrogen) atoms. The smallest absolute Gasteiger partial charge is 0.228 e. The number of carbonyl (C=O) groups is 1. The Labute approximate surface area is 141 Å². The van der Waals surface area contributed by atoms with Crippen molar-refractivity contribution in [3.05, 3.63) is 21.3 Å². The van der Waals surface area contributed by atoms with E-state index in [2.05, 4.69) is 10.2 Å². The standard InChI is InChI=1S/C16H25ClN2O2S/c1-12(14-6-7-15(17)22-14)16(21)18-8-2-3-9-19-10-4-5-13(19)11-20/h6-7,12-13,20H,2-5,8-11H2,1H3,(H,18,21). The number of rotatable bonds is 8. The molecule has 6 heteroatoms. The Morgan fingerprint density at radius 1 is 1.55 bits per heavy atom. The minimum absolute atomic E-state index is 0.0629. The molecule has 0 aliphatic carbocycles. The third-order valence-corrected chi connectivity index (χ3v) is 5.71. The maximum absolute atomic E-state index is 12.1. The highest BCUT2D eigenvalue weighted by atomic mass is 35.5. The highest BCUT2D eigenvalue weighted by molar-refractivity contribution is 7.16. The summed E-state index contributed by atoms with van der Waals surface area (Å²) in [7, 11) is 0. The normalized spacial score (nSPS) is 20.2. The van der Waals surface area contributed by atoms with Crippen molar-refractivity contribution < 1.29 is 9.90 Å². The molecule has 2 heterocycles. The van der Waals surface area contributed by atoms with Crippen molar-refractivity contribution in [2.75, 3.05) is 26.2 Å². The number of halogens is 1. The molecule has 1 aromatic rings. The quantitative estimate of drug-likeness (QED) is 0.713. The first-order valence-electron chi connectivity index (χ1n) is 7.99. The Balaban J connectivity index is 1.61. The number of hydrogen-bond donors (Lipinski definition) is 2. The van der Waals surface area contributed by atoms with Crippen LogP contribution in [-0.4, -0.2) is 48.2 Å². The molecule has 2 N–H and O–H groups in total. The van der Waals surface area contributed by atoms with Crippen molar-refractivity contribution in [3.63, 3.8) is 0 Å². The SMILES string of the molecule is CC(C(=O)NCCCCN1CCCC1CO)c1ccc(Cl)s1. The molecule has 1 aliphatic rings. The number of aliphatic hydroxyl groups excluding tert-OH is 1. The lowest BCUT2D eigenvalue weighted by molar-refractivity contribution is -0.122. The van der Waals surface area contributed by atoms with E-state index < -0.39 is 0 Å². The summed E-state index contributed by atoms with van der Waals surface area (Å²) in [6.07, 6.45) is 4.31. The van der Waals surface area contributed by atoms with Crippen LogP contribution in [0.2, 0.25) is 4.34 Å². The van der Waals surface area contributed by atoms with Crippen LogP contribution in [0.1, 0.15) is 43.4 Å². The van der Waals surface area contributed by atoms with Gasteiger partial charge in [-0.15, -0.1) is 11.3 Å². The van der Waals surface area contributed by atoms with Gasteiger partial charge in [-0.25, -0.2) is 0 Å². The topological polar surface area (TPSA) is 52.6 Å². The molecule has 1 aromatic heterocycles. The first-order chi connectivity index (χ1) is 10.6. The van der Waals surface area contributed by atoms with Crippen LogP contribution in [0.5, 0.6) is 0 Å². The highest BCUT2D eigenvalue weighted by Gasteiger charge is 2.22. The molecule has 4 nitrogen and oxygen atoms in total. The van der Waals surface area contributed by atoms with Crippen molar-refractivity contribution in [1.29, 1.82) is 0 Å². The first-order valence-corrected chi connectivity index (χ1v) is 9.19. The van der Waals surface area contributed by atoms with E-state index in [1.54, 1.807) is 0 Å². The predicted octanol–water partition coefficient (Wildman–Crippen LogP) is 2.86. The van der Waals surface area contributed by atoms with E-state index in [0.717, 1.165) is 41.6 Å². The molecule has 2 unspecified atom stereocenters. The van der Waals surface area contributed by atoms with Crippen molar-refractivity contribution in [2.24, 2.45) is 0 Å². The fraction of sp³-hybridized carbons (Fsp3) is 0.688. The molecule has 0 aromatic carbocycles. The number of likely N-dealkylation sites (tertiary alicyclic amines) is 1. The Morgan fingerprint density at radius 2 is 2.36 bits per heavy atom. The molecule has 0 saturated carbocycles. The van der Waals surface area contributed by atoms with E-state index in [4.69, 9.17) is 11.6 Å². The van der Waals surface area contributed by atoms with E-state index in [0.29, 0.717) is 12.6 Å². The fourth-order valence-electron chi connectivity index (χ4n) is 2.89. The average Bonchev–Trinajstić information content (AvgIpc) is 3.14.